The van der Waals surface area contributed by atoms with E-state index in [0.29, 0.717) is 28.8 Å². The third kappa shape index (κ3) is 3.69. The van der Waals surface area contributed by atoms with Crippen molar-refractivity contribution in [3.05, 3.63) is 95.1 Å². The lowest BCUT2D eigenvalue weighted by molar-refractivity contribution is 0.104. The number of para-hydroxylation sites is 2. The lowest BCUT2D eigenvalue weighted by Gasteiger charge is -2.23. The number of aliphatic hydroxyl groups is 1. The summed E-state index contributed by atoms with van der Waals surface area (Å²) in [4.78, 5) is 20.4. The van der Waals surface area contributed by atoms with Gasteiger partial charge in [-0.15, -0.1) is 0 Å². The van der Waals surface area contributed by atoms with Gasteiger partial charge in [-0.05, 0) is 43.7 Å². The fourth-order valence-corrected chi connectivity index (χ4v) is 4.71. The van der Waals surface area contributed by atoms with E-state index in [1.807, 2.05) is 36.4 Å². The summed E-state index contributed by atoms with van der Waals surface area (Å²) < 4.78 is 0. The molecule has 1 aliphatic carbocycles. The van der Waals surface area contributed by atoms with E-state index in [0.717, 1.165) is 30.0 Å². The van der Waals surface area contributed by atoms with Gasteiger partial charge in [0.05, 0.1) is 28.7 Å². The van der Waals surface area contributed by atoms with Crippen LogP contribution in [0.25, 0.3) is 5.76 Å². The zero-order valence-corrected chi connectivity index (χ0v) is 18.9. The maximum atomic E-state index is 13.2. The topological polar surface area (TPSA) is 64.9 Å². The molecule has 5 rings (SSSR count). The highest BCUT2D eigenvalue weighted by atomic mass is 16.3. The largest absolute Gasteiger partial charge is 0.506 e. The third-order valence-corrected chi connectivity index (χ3v) is 6.49. The summed E-state index contributed by atoms with van der Waals surface area (Å²) >= 11 is 0. The molecule has 33 heavy (non-hydrogen) atoms. The number of aliphatic imine (C=N–C) groups is 1. The molecule has 2 aliphatic rings. The van der Waals surface area contributed by atoms with E-state index >= 15 is 0 Å². The van der Waals surface area contributed by atoms with Crippen LogP contribution >= 0.6 is 0 Å². The van der Waals surface area contributed by atoms with Crippen molar-refractivity contribution in [3.63, 3.8) is 0 Å². The SMILES string of the molecule is CCN(CC)c1ccc([C@@H]2CC(C3=C(O)c4ccccc4C3=O)=Nc3ccccc3N2)cc1. The van der Waals surface area contributed by atoms with Crippen molar-refractivity contribution in [2.75, 3.05) is 23.3 Å². The van der Waals surface area contributed by atoms with E-state index in [-0.39, 0.29) is 17.6 Å². The number of carbonyl (C=O) groups excluding carboxylic acids is 1. The second-order valence-corrected chi connectivity index (χ2v) is 8.34. The van der Waals surface area contributed by atoms with Crippen molar-refractivity contribution >= 4 is 34.3 Å². The maximum absolute atomic E-state index is 13.2. The summed E-state index contributed by atoms with van der Waals surface area (Å²) in [6.45, 7) is 6.22. The molecule has 1 aliphatic heterocycles. The molecule has 0 unspecified atom stereocenters. The van der Waals surface area contributed by atoms with Crippen LogP contribution in [0.3, 0.4) is 0 Å². The van der Waals surface area contributed by atoms with Crippen molar-refractivity contribution in [2.45, 2.75) is 26.3 Å². The summed E-state index contributed by atoms with van der Waals surface area (Å²) in [6, 6.07) is 23.5. The Balaban J connectivity index is 1.56. The van der Waals surface area contributed by atoms with Gasteiger partial charge in [0.1, 0.15) is 5.76 Å². The second-order valence-electron chi connectivity index (χ2n) is 8.34. The average Bonchev–Trinajstić information content (AvgIpc) is 2.98. The van der Waals surface area contributed by atoms with Gasteiger partial charge in [-0.3, -0.25) is 9.79 Å². The van der Waals surface area contributed by atoms with Crippen molar-refractivity contribution < 1.29 is 9.90 Å². The molecule has 5 heteroatoms. The number of rotatable bonds is 5. The number of aliphatic hydroxyl groups excluding tert-OH is 1. The van der Waals surface area contributed by atoms with Crippen molar-refractivity contribution in [1.29, 1.82) is 0 Å². The Morgan fingerprint density at radius 3 is 2.30 bits per heavy atom. The first-order valence-electron chi connectivity index (χ1n) is 11.5. The highest BCUT2D eigenvalue weighted by Crippen LogP contribution is 2.39. The Kier molecular flexibility index (Phi) is 5.47. The highest BCUT2D eigenvalue weighted by molar-refractivity contribution is 6.36. The highest BCUT2D eigenvalue weighted by Gasteiger charge is 2.34. The quantitative estimate of drug-likeness (QED) is 0.490. The third-order valence-electron chi connectivity index (χ3n) is 6.49. The van der Waals surface area contributed by atoms with E-state index in [1.54, 1.807) is 12.1 Å². The van der Waals surface area contributed by atoms with E-state index < -0.39 is 0 Å². The molecular weight excluding hydrogens is 410 g/mol. The monoisotopic (exact) mass is 437 g/mol. The summed E-state index contributed by atoms with van der Waals surface area (Å²) in [6.07, 6.45) is 0.485. The van der Waals surface area contributed by atoms with Gasteiger partial charge in [0, 0.05) is 36.3 Å². The number of benzene rings is 3. The molecule has 0 saturated carbocycles. The number of anilines is 2. The van der Waals surface area contributed by atoms with Crippen LogP contribution < -0.4 is 10.2 Å². The summed E-state index contributed by atoms with van der Waals surface area (Å²) in [5.41, 5.74) is 5.98. The Labute approximate surface area is 194 Å². The van der Waals surface area contributed by atoms with Crippen LogP contribution in [0, 0.1) is 0 Å². The van der Waals surface area contributed by atoms with Crippen LogP contribution in [0.5, 0.6) is 0 Å². The first kappa shape index (κ1) is 21.0. The number of fused-ring (bicyclic) bond motifs is 2. The first-order valence-corrected chi connectivity index (χ1v) is 11.5. The van der Waals surface area contributed by atoms with Crippen LogP contribution in [-0.2, 0) is 0 Å². The predicted octanol–water partition coefficient (Wildman–Crippen LogP) is 6.33. The summed E-state index contributed by atoms with van der Waals surface area (Å²) in [5.74, 6) is -0.152. The normalized spacial score (nSPS) is 17.1. The molecule has 1 heterocycles. The molecule has 0 saturated heterocycles. The Bertz CT molecular complexity index is 1270. The van der Waals surface area contributed by atoms with Crippen LogP contribution in [0.2, 0.25) is 0 Å². The number of Topliss-reactive ketones (excluding diaryl/α,β-unsaturated/α-hetero) is 1. The zero-order valence-electron chi connectivity index (χ0n) is 18.9. The van der Waals surface area contributed by atoms with Gasteiger partial charge in [-0.25, -0.2) is 0 Å². The van der Waals surface area contributed by atoms with Gasteiger partial charge in [-0.1, -0.05) is 48.5 Å². The fourth-order valence-electron chi connectivity index (χ4n) is 4.71. The van der Waals surface area contributed by atoms with E-state index in [2.05, 4.69) is 48.3 Å². The molecule has 0 fully saturated rings. The lowest BCUT2D eigenvalue weighted by atomic mass is 9.95. The average molecular weight is 438 g/mol. The number of carbonyl (C=O) groups is 1. The number of hydrogen-bond donors (Lipinski definition) is 2. The molecule has 1 atom stereocenters. The molecule has 2 N–H and O–H groups in total. The zero-order chi connectivity index (χ0) is 22.9. The minimum Gasteiger partial charge on any atom is -0.506 e. The molecule has 0 spiro atoms. The number of nitrogens with zero attached hydrogens (tertiary/aromatic N) is 2. The number of hydrogen-bond acceptors (Lipinski definition) is 5. The van der Waals surface area contributed by atoms with Gasteiger partial charge >= 0.3 is 0 Å². The van der Waals surface area contributed by atoms with E-state index in [1.165, 1.54) is 5.69 Å². The van der Waals surface area contributed by atoms with Crippen molar-refractivity contribution in [3.8, 4) is 0 Å². The van der Waals surface area contributed by atoms with Crippen molar-refractivity contribution in [2.24, 2.45) is 4.99 Å². The van der Waals surface area contributed by atoms with Gasteiger partial charge in [-0.2, -0.15) is 0 Å². The Morgan fingerprint density at radius 2 is 1.61 bits per heavy atom. The van der Waals surface area contributed by atoms with E-state index in [9.17, 15) is 9.90 Å². The summed E-state index contributed by atoms with van der Waals surface area (Å²) in [5, 5.41) is 14.6. The Hall–Kier alpha value is -3.86. The standard InChI is InChI=1S/C28H27N3O2/c1-3-31(4-2)19-15-13-18(14-16-19)24-17-25(30-23-12-8-7-11-22(23)29-24)26-27(32)20-9-5-6-10-21(20)28(26)33/h5-16,24,29,32H,3-4,17H2,1-2H3/t24-/m0/s1. The smallest absolute Gasteiger partial charge is 0.199 e. The van der Waals surface area contributed by atoms with Gasteiger partial charge in [0.2, 0.25) is 0 Å². The molecule has 0 aromatic heterocycles. The molecule has 3 aromatic carbocycles. The predicted molar refractivity (Wildman–Crippen MR) is 135 cm³/mol. The fraction of sp³-hybridized carbons (Fsp3) is 0.214. The minimum atomic E-state index is -0.170. The maximum Gasteiger partial charge on any atom is 0.199 e. The molecule has 3 aromatic rings. The summed E-state index contributed by atoms with van der Waals surface area (Å²) in [7, 11) is 0. The van der Waals surface area contributed by atoms with Crippen LogP contribution in [-0.4, -0.2) is 29.7 Å². The molecule has 0 radical (unpaired) electrons. The molecule has 0 amide bonds. The van der Waals surface area contributed by atoms with E-state index in [4.69, 9.17) is 4.99 Å². The van der Waals surface area contributed by atoms with Crippen LogP contribution in [0.1, 0.15) is 47.8 Å². The molecule has 0 bridgehead atoms. The van der Waals surface area contributed by atoms with Gasteiger partial charge in [0.25, 0.3) is 0 Å². The second kappa shape index (κ2) is 8.58. The lowest BCUT2D eigenvalue weighted by Crippen LogP contribution is -2.22. The van der Waals surface area contributed by atoms with Crippen LogP contribution in [0.15, 0.2) is 83.4 Å². The van der Waals surface area contributed by atoms with Crippen LogP contribution in [0.4, 0.5) is 17.1 Å². The molecule has 166 valence electrons. The Morgan fingerprint density at radius 1 is 0.939 bits per heavy atom. The van der Waals surface area contributed by atoms with Gasteiger partial charge in [0.15, 0.2) is 5.78 Å². The van der Waals surface area contributed by atoms with Crippen molar-refractivity contribution in [1.82, 2.24) is 0 Å². The number of nitrogens with one attached hydrogen (secondary N) is 1. The minimum absolute atomic E-state index is 0.0179. The first-order chi connectivity index (χ1) is 16.1. The number of ketones is 1. The molecular formula is C28H27N3O2. The molecule has 5 nitrogen and oxygen atoms in total. The number of allylic oxidation sites excluding steroid dienone is 1. The van der Waals surface area contributed by atoms with Gasteiger partial charge < -0.3 is 15.3 Å².